The van der Waals surface area contributed by atoms with Crippen LogP contribution in [0.15, 0.2) is 54.9 Å². The number of hydrogen-bond donors (Lipinski definition) is 0. The molecule has 0 radical (unpaired) electrons. The van der Waals surface area contributed by atoms with Gasteiger partial charge >= 0.3 is 6.09 Å². The highest BCUT2D eigenvalue weighted by atomic mass is 16.6. The maximum absolute atomic E-state index is 13.1. The highest BCUT2D eigenvalue weighted by Gasteiger charge is 2.29. The van der Waals surface area contributed by atoms with Crippen molar-refractivity contribution in [3.05, 3.63) is 71.7 Å². The third-order valence-corrected chi connectivity index (χ3v) is 6.76. The number of amides is 1. The molecule has 188 valence electrons. The highest BCUT2D eigenvalue weighted by Crippen LogP contribution is 2.32. The summed E-state index contributed by atoms with van der Waals surface area (Å²) < 4.78 is 12.8. The van der Waals surface area contributed by atoms with Crippen LogP contribution in [0.4, 0.5) is 4.79 Å². The minimum Gasteiger partial charge on any atom is -0.492 e. The Labute approximate surface area is 212 Å². The molecule has 1 fully saturated rings. The average Bonchev–Trinajstić information content (AvgIpc) is 3.36. The molecule has 0 bridgehead atoms. The molecule has 2 heterocycles. The fourth-order valence-corrected chi connectivity index (χ4v) is 4.55. The van der Waals surface area contributed by atoms with Crippen LogP contribution in [0.5, 0.6) is 5.75 Å². The van der Waals surface area contributed by atoms with E-state index >= 15 is 0 Å². The zero-order valence-electron chi connectivity index (χ0n) is 21.4. The summed E-state index contributed by atoms with van der Waals surface area (Å²) in [4.78, 5) is 31.9. The van der Waals surface area contributed by atoms with Crippen LogP contribution in [0.25, 0.3) is 11.3 Å². The molecule has 1 amide bonds. The van der Waals surface area contributed by atoms with Crippen molar-refractivity contribution in [2.75, 3.05) is 13.7 Å². The molecule has 2 aliphatic rings. The summed E-state index contributed by atoms with van der Waals surface area (Å²) >= 11 is 0. The van der Waals surface area contributed by atoms with Crippen molar-refractivity contribution in [1.29, 1.82) is 0 Å². The summed E-state index contributed by atoms with van der Waals surface area (Å²) in [5.74, 6) is 1.28. The molecule has 1 atom stereocenters. The third-order valence-electron chi connectivity index (χ3n) is 6.76. The number of benzene rings is 1. The van der Waals surface area contributed by atoms with E-state index in [2.05, 4.69) is 17.1 Å². The maximum atomic E-state index is 13.1. The van der Waals surface area contributed by atoms with Crippen molar-refractivity contribution >= 4 is 12.0 Å². The lowest BCUT2D eigenvalue weighted by Gasteiger charge is -2.24. The van der Waals surface area contributed by atoms with Crippen LogP contribution in [0.1, 0.15) is 55.2 Å². The number of pyridine rings is 1. The molecule has 1 unspecified atom stereocenters. The van der Waals surface area contributed by atoms with E-state index in [-0.39, 0.29) is 11.9 Å². The van der Waals surface area contributed by atoms with Crippen LogP contribution in [-0.2, 0) is 17.6 Å². The van der Waals surface area contributed by atoms with Gasteiger partial charge in [0.05, 0.1) is 18.5 Å². The first-order chi connectivity index (χ1) is 17.2. The van der Waals surface area contributed by atoms with Crippen LogP contribution < -0.4 is 4.74 Å². The lowest BCUT2D eigenvalue weighted by Crippen LogP contribution is -2.38. The van der Waals surface area contributed by atoms with Gasteiger partial charge in [0.15, 0.2) is 0 Å². The van der Waals surface area contributed by atoms with Gasteiger partial charge in [-0.2, -0.15) is 0 Å². The number of likely N-dealkylation sites (N-methyl/N-ethyl adjacent to an activating group) is 1. The van der Waals surface area contributed by atoms with Gasteiger partial charge in [-0.3, -0.25) is 9.36 Å². The van der Waals surface area contributed by atoms with Crippen LogP contribution in [0.2, 0.25) is 0 Å². The number of aromatic nitrogens is 2. The van der Waals surface area contributed by atoms with Crippen molar-refractivity contribution in [3.8, 4) is 17.0 Å². The Balaban J connectivity index is 1.26. The van der Waals surface area contributed by atoms with E-state index in [0.717, 1.165) is 30.7 Å². The van der Waals surface area contributed by atoms with Crippen molar-refractivity contribution < 1.29 is 19.1 Å². The zero-order chi connectivity index (χ0) is 25.4. The van der Waals surface area contributed by atoms with Gasteiger partial charge in [-0.15, -0.1) is 0 Å². The Bertz CT molecular complexity index is 1270. The Kier molecular flexibility index (Phi) is 6.33. The molecule has 5 rings (SSSR count). The van der Waals surface area contributed by atoms with E-state index in [9.17, 15) is 9.59 Å². The molecule has 36 heavy (non-hydrogen) atoms. The Morgan fingerprint density at radius 3 is 2.56 bits per heavy atom. The second-order valence-corrected chi connectivity index (χ2v) is 10.8. The monoisotopic (exact) mass is 487 g/mol. The topological polar surface area (TPSA) is 73.7 Å². The van der Waals surface area contributed by atoms with Gasteiger partial charge in [-0.05, 0) is 99.4 Å². The summed E-state index contributed by atoms with van der Waals surface area (Å²) in [5, 5.41) is 0. The highest BCUT2D eigenvalue weighted by molar-refractivity contribution is 5.92. The standard InChI is InChI=1S/C29H33N3O4/c1-29(2,3)36-28(34)32-13-5-6-26(32)21-10-9-20-15-23(16-22(20)14-21)31(4)27(33)25-12-11-24(17-30-25)35-18-19-7-8-19/h5-6,9-14,17,19,23H,7-8,15-16,18H2,1-4H3. The molecular formula is C29H33N3O4. The number of ether oxygens (including phenoxy) is 2. The largest absolute Gasteiger partial charge is 0.492 e. The molecule has 2 aliphatic carbocycles. The molecular weight excluding hydrogens is 454 g/mol. The Hall–Kier alpha value is -3.61. The normalized spacial score (nSPS) is 16.9. The summed E-state index contributed by atoms with van der Waals surface area (Å²) in [7, 11) is 1.84. The van der Waals surface area contributed by atoms with E-state index in [4.69, 9.17) is 9.47 Å². The van der Waals surface area contributed by atoms with Gasteiger partial charge in [0, 0.05) is 19.3 Å². The molecule has 0 aliphatic heterocycles. The summed E-state index contributed by atoms with van der Waals surface area (Å²) in [6.07, 6.45) is 6.96. The maximum Gasteiger partial charge on any atom is 0.418 e. The average molecular weight is 488 g/mol. The van der Waals surface area contributed by atoms with Gasteiger partial charge in [-0.25, -0.2) is 9.78 Å². The van der Waals surface area contributed by atoms with Gasteiger partial charge in [0.2, 0.25) is 0 Å². The number of rotatable bonds is 6. The quantitative estimate of drug-likeness (QED) is 0.468. The molecule has 1 saturated carbocycles. The van der Waals surface area contributed by atoms with E-state index in [0.29, 0.717) is 17.4 Å². The molecule has 3 aromatic rings. The molecule has 7 heteroatoms. The third kappa shape index (κ3) is 5.30. The van der Waals surface area contributed by atoms with Gasteiger partial charge < -0.3 is 14.4 Å². The van der Waals surface area contributed by atoms with Gasteiger partial charge in [-0.1, -0.05) is 12.1 Å². The summed E-state index contributed by atoms with van der Waals surface area (Å²) in [5.41, 5.74) is 3.99. The number of fused-ring (bicyclic) bond motifs is 1. The van der Waals surface area contributed by atoms with E-state index < -0.39 is 11.7 Å². The predicted octanol–water partition coefficient (Wildman–Crippen LogP) is 5.36. The Morgan fingerprint density at radius 2 is 1.86 bits per heavy atom. The molecule has 0 N–H and O–H groups in total. The number of nitrogens with zero attached hydrogens (tertiary/aromatic N) is 3. The summed E-state index contributed by atoms with van der Waals surface area (Å²) in [6, 6.07) is 13.6. The second kappa shape index (κ2) is 9.45. The molecule has 0 saturated heterocycles. The first-order valence-corrected chi connectivity index (χ1v) is 12.6. The van der Waals surface area contributed by atoms with Crippen molar-refractivity contribution in [2.45, 2.75) is 58.1 Å². The fraction of sp³-hybridized carbons (Fsp3) is 0.414. The van der Waals surface area contributed by atoms with Gasteiger partial charge in [0.1, 0.15) is 17.0 Å². The van der Waals surface area contributed by atoms with E-state index in [1.165, 1.54) is 24.0 Å². The minimum absolute atomic E-state index is 0.0491. The summed E-state index contributed by atoms with van der Waals surface area (Å²) in [6.45, 7) is 6.29. The minimum atomic E-state index is -0.570. The van der Waals surface area contributed by atoms with E-state index in [1.54, 1.807) is 27.9 Å². The van der Waals surface area contributed by atoms with Crippen LogP contribution in [0.3, 0.4) is 0 Å². The first kappa shape index (κ1) is 24.1. The molecule has 2 aromatic heterocycles. The second-order valence-electron chi connectivity index (χ2n) is 10.8. The predicted molar refractivity (Wildman–Crippen MR) is 137 cm³/mol. The lowest BCUT2D eigenvalue weighted by molar-refractivity contribution is 0.0539. The Morgan fingerprint density at radius 1 is 1.08 bits per heavy atom. The number of carbonyl (C=O) groups excluding carboxylic acids is 2. The van der Waals surface area contributed by atoms with Gasteiger partial charge in [0.25, 0.3) is 5.91 Å². The molecule has 0 spiro atoms. The van der Waals surface area contributed by atoms with Crippen molar-refractivity contribution in [1.82, 2.24) is 14.5 Å². The molecule has 7 nitrogen and oxygen atoms in total. The lowest BCUT2D eigenvalue weighted by atomic mass is 10.0. The van der Waals surface area contributed by atoms with Crippen molar-refractivity contribution in [2.24, 2.45) is 5.92 Å². The van der Waals surface area contributed by atoms with Crippen LogP contribution in [0, 0.1) is 5.92 Å². The molecule has 1 aromatic carbocycles. The van der Waals surface area contributed by atoms with E-state index in [1.807, 2.05) is 52.1 Å². The van der Waals surface area contributed by atoms with Crippen molar-refractivity contribution in [3.63, 3.8) is 0 Å². The van der Waals surface area contributed by atoms with Crippen LogP contribution >= 0.6 is 0 Å². The van der Waals surface area contributed by atoms with Crippen LogP contribution in [-0.4, -0.2) is 51.7 Å². The smallest absolute Gasteiger partial charge is 0.418 e. The fourth-order valence-electron chi connectivity index (χ4n) is 4.55. The first-order valence-electron chi connectivity index (χ1n) is 12.6. The number of carbonyl (C=O) groups is 2. The zero-order valence-corrected chi connectivity index (χ0v) is 21.4. The SMILES string of the molecule is CN(C(=O)c1ccc(OCC2CC2)cn1)C1Cc2ccc(-c3cccn3C(=O)OC(C)(C)C)cc2C1. The number of hydrogen-bond acceptors (Lipinski definition) is 5.